The summed E-state index contributed by atoms with van der Waals surface area (Å²) in [6, 6.07) is 5.82. The van der Waals surface area contributed by atoms with Crippen molar-refractivity contribution in [3.05, 3.63) is 52.8 Å². The third kappa shape index (κ3) is 5.41. The minimum atomic E-state index is -0.980. The highest BCUT2D eigenvalue weighted by Crippen LogP contribution is 2.45. The number of hydrogen-bond donors (Lipinski definition) is 1. The number of alkyl halides is 1. The van der Waals surface area contributed by atoms with Gasteiger partial charge in [-0.2, -0.15) is 15.2 Å². The topological polar surface area (TPSA) is 107 Å². The van der Waals surface area contributed by atoms with Crippen molar-refractivity contribution in [3.63, 3.8) is 0 Å². The number of ether oxygens (including phenoxy) is 1. The van der Waals surface area contributed by atoms with Crippen molar-refractivity contribution in [2.75, 3.05) is 37.8 Å². The zero-order valence-corrected chi connectivity index (χ0v) is 26.5. The molecular formula is C31H30ClF3N8OS. The molecule has 0 amide bonds. The van der Waals surface area contributed by atoms with E-state index in [4.69, 9.17) is 27.1 Å². The van der Waals surface area contributed by atoms with Crippen LogP contribution in [0.25, 0.3) is 32.1 Å². The molecule has 4 aromatic rings. The summed E-state index contributed by atoms with van der Waals surface area (Å²) in [6.07, 6.45) is 3.84. The van der Waals surface area contributed by atoms with Crippen LogP contribution >= 0.6 is 22.9 Å². The van der Waals surface area contributed by atoms with E-state index in [1.165, 1.54) is 12.1 Å². The average molecular weight is 655 g/mol. The van der Waals surface area contributed by atoms with Crippen LogP contribution < -0.4 is 15.4 Å². The summed E-state index contributed by atoms with van der Waals surface area (Å²) in [6.45, 7) is 4.60. The summed E-state index contributed by atoms with van der Waals surface area (Å²) >= 11 is 7.71. The number of likely N-dealkylation sites (tertiary alicyclic amines) is 1. The molecule has 2 aromatic carbocycles. The predicted molar refractivity (Wildman–Crippen MR) is 173 cm³/mol. The molecular weight excluding hydrogens is 625 g/mol. The first kappa shape index (κ1) is 30.9. The van der Waals surface area contributed by atoms with Crippen LogP contribution in [0.3, 0.4) is 0 Å². The number of aromatic nitrogens is 2. The SMILES string of the molecule is C[C@H](Oc1nc(N(C)[C@H](C)N2C=CN=CC2)c2cc(Cl)c(-c3ccc(F)c4sc(N)c(C#N)c34)c(F)c2n1)[C@@H]1C[C@@H](F)CN1C. The minimum absolute atomic E-state index is 0.0149. The summed E-state index contributed by atoms with van der Waals surface area (Å²) < 4.78 is 52.2. The maximum Gasteiger partial charge on any atom is 0.319 e. The molecule has 0 bridgehead atoms. The highest BCUT2D eigenvalue weighted by atomic mass is 35.5. The molecule has 9 nitrogen and oxygen atoms in total. The smallest absolute Gasteiger partial charge is 0.319 e. The summed E-state index contributed by atoms with van der Waals surface area (Å²) in [5.74, 6) is -1.03. The van der Waals surface area contributed by atoms with Gasteiger partial charge in [0.05, 0.1) is 28.0 Å². The Morgan fingerprint density at radius 2 is 2.04 bits per heavy atom. The largest absolute Gasteiger partial charge is 0.459 e. The van der Waals surface area contributed by atoms with E-state index < -0.39 is 23.9 Å². The maximum atomic E-state index is 16.9. The number of likely N-dealkylation sites (N-methyl/N-ethyl adjacent to an activating group) is 1. The minimum Gasteiger partial charge on any atom is -0.459 e. The van der Waals surface area contributed by atoms with E-state index in [1.54, 1.807) is 25.4 Å². The fourth-order valence-electron chi connectivity index (χ4n) is 6.06. The van der Waals surface area contributed by atoms with Gasteiger partial charge in [-0.25, -0.2) is 13.2 Å². The van der Waals surface area contributed by atoms with Gasteiger partial charge in [-0.3, -0.25) is 9.89 Å². The van der Waals surface area contributed by atoms with Crippen LogP contribution in [0, 0.1) is 23.0 Å². The van der Waals surface area contributed by atoms with Crippen molar-refractivity contribution in [3.8, 4) is 23.2 Å². The van der Waals surface area contributed by atoms with Crippen molar-refractivity contribution < 1.29 is 17.9 Å². The Kier molecular flexibility index (Phi) is 8.24. The van der Waals surface area contributed by atoms with Gasteiger partial charge in [-0.1, -0.05) is 17.7 Å². The molecule has 2 N–H and O–H groups in total. The third-order valence-corrected chi connectivity index (χ3v) is 9.87. The van der Waals surface area contributed by atoms with Gasteiger partial charge >= 0.3 is 6.01 Å². The monoisotopic (exact) mass is 654 g/mol. The zero-order chi connectivity index (χ0) is 32.2. The van der Waals surface area contributed by atoms with Crippen LogP contribution in [-0.2, 0) is 0 Å². The number of nitrogens with zero attached hydrogens (tertiary/aromatic N) is 7. The number of fused-ring (bicyclic) bond motifs is 2. The van der Waals surface area contributed by atoms with Crippen LogP contribution in [0.2, 0.25) is 5.02 Å². The number of nitrogen functional groups attached to an aromatic ring is 1. The van der Waals surface area contributed by atoms with Gasteiger partial charge in [0.25, 0.3) is 0 Å². The van der Waals surface area contributed by atoms with Crippen molar-refractivity contribution in [1.29, 1.82) is 5.26 Å². The maximum absolute atomic E-state index is 16.9. The van der Waals surface area contributed by atoms with Gasteiger partial charge in [0.15, 0.2) is 5.82 Å². The standard InChI is InChI=1S/C31H30ClF3N8OS/c1-15(23-11-17(33)14-41(23)3)44-31-39-27-19(30(40-31)42(4)16(2)43-9-7-38-8-10-43)12-21(32)25(26(27)35)18-5-6-22(34)28-24(18)20(13-36)29(37)45-28/h5-9,12,15-17,23H,10-11,14,37H2,1-4H3/t15-,16-,17+,23-/m0/s1. The lowest BCUT2D eigenvalue weighted by Gasteiger charge is -2.36. The van der Waals surface area contributed by atoms with E-state index in [0.717, 1.165) is 11.3 Å². The summed E-state index contributed by atoms with van der Waals surface area (Å²) in [5.41, 5.74) is 6.14. The Morgan fingerprint density at radius 1 is 1.27 bits per heavy atom. The van der Waals surface area contributed by atoms with Gasteiger partial charge in [-0.05, 0) is 45.0 Å². The summed E-state index contributed by atoms with van der Waals surface area (Å²) in [7, 11) is 3.64. The number of rotatable bonds is 7. The van der Waals surface area contributed by atoms with Gasteiger partial charge in [0.1, 0.15) is 40.5 Å². The van der Waals surface area contributed by atoms with Crippen LogP contribution in [-0.4, -0.2) is 77.7 Å². The second kappa shape index (κ2) is 12.0. The highest BCUT2D eigenvalue weighted by Gasteiger charge is 2.35. The number of benzene rings is 2. The molecule has 2 aliphatic heterocycles. The highest BCUT2D eigenvalue weighted by molar-refractivity contribution is 7.23. The Labute approximate surface area is 267 Å². The van der Waals surface area contributed by atoms with E-state index >= 15 is 4.39 Å². The molecule has 4 heterocycles. The van der Waals surface area contributed by atoms with E-state index in [1.807, 2.05) is 48.0 Å². The van der Waals surface area contributed by atoms with Crippen LogP contribution in [0.1, 0.15) is 25.8 Å². The van der Waals surface area contributed by atoms with E-state index in [0.29, 0.717) is 17.7 Å². The molecule has 45 heavy (non-hydrogen) atoms. The third-order valence-electron chi connectivity index (χ3n) is 8.54. The average Bonchev–Trinajstić information content (AvgIpc) is 3.55. The van der Waals surface area contributed by atoms with E-state index in [2.05, 4.69) is 9.98 Å². The van der Waals surface area contributed by atoms with Gasteiger partial charge in [0, 0.05) is 54.6 Å². The molecule has 0 aliphatic carbocycles. The zero-order valence-electron chi connectivity index (χ0n) is 24.9. The Bertz CT molecular complexity index is 1910. The lowest BCUT2D eigenvalue weighted by atomic mass is 9.97. The molecule has 234 valence electrons. The molecule has 6 rings (SSSR count). The molecule has 14 heteroatoms. The van der Waals surface area contributed by atoms with Crippen molar-refractivity contribution in [1.82, 2.24) is 19.8 Å². The Balaban J connectivity index is 1.54. The number of nitriles is 1. The van der Waals surface area contributed by atoms with Crippen molar-refractivity contribution in [2.24, 2.45) is 4.99 Å². The fourth-order valence-corrected chi connectivity index (χ4v) is 7.30. The molecule has 2 aliphatic rings. The molecule has 4 atom stereocenters. The summed E-state index contributed by atoms with van der Waals surface area (Å²) in [5, 5.41) is 10.4. The van der Waals surface area contributed by atoms with Crippen molar-refractivity contribution in [2.45, 2.75) is 44.8 Å². The number of halogens is 4. The molecule has 0 saturated carbocycles. The fraction of sp³-hybridized carbons (Fsp3) is 0.355. The van der Waals surface area contributed by atoms with Crippen LogP contribution in [0.15, 0.2) is 35.6 Å². The Morgan fingerprint density at radius 3 is 2.71 bits per heavy atom. The lowest BCUT2D eigenvalue weighted by molar-refractivity contribution is 0.112. The normalized spacial score (nSPS) is 19.8. The van der Waals surface area contributed by atoms with Gasteiger partial charge in [0.2, 0.25) is 0 Å². The first-order chi connectivity index (χ1) is 21.5. The molecule has 0 spiro atoms. The predicted octanol–water partition coefficient (Wildman–Crippen LogP) is 6.35. The number of nitrogens with two attached hydrogens (primary N) is 1. The molecule has 0 unspecified atom stereocenters. The number of aliphatic imine (C=N–C) groups is 1. The van der Waals surface area contributed by atoms with Crippen LogP contribution in [0.4, 0.5) is 24.0 Å². The molecule has 1 fully saturated rings. The molecule has 2 aromatic heterocycles. The number of hydrogen-bond acceptors (Lipinski definition) is 10. The van der Waals surface area contributed by atoms with Crippen LogP contribution in [0.5, 0.6) is 6.01 Å². The van der Waals surface area contributed by atoms with Gasteiger partial charge < -0.3 is 20.3 Å². The first-order valence-electron chi connectivity index (χ1n) is 14.3. The van der Waals surface area contributed by atoms with Crippen molar-refractivity contribution >= 4 is 61.0 Å². The van der Waals surface area contributed by atoms with E-state index in [-0.39, 0.29) is 73.5 Å². The quantitative estimate of drug-likeness (QED) is 0.246. The first-order valence-corrected chi connectivity index (χ1v) is 15.5. The van der Waals surface area contributed by atoms with E-state index in [9.17, 15) is 14.0 Å². The molecule has 0 radical (unpaired) electrons. The number of thiophene rings is 1. The lowest BCUT2D eigenvalue weighted by Crippen LogP contribution is -2.44. The second-order valence-corrected chi connectivity index (χ2v) is 12.7. The second-order valence-electron chi connectivity index (χ2n) is 11.3. The number of anilines is 2. The molecule has 1 saturated heterocycles. The summed E-state index contributed by atoms with van der Waals surface area (Å²) in [4.78, 5) is 19.1. The Hall–Kier alpha value is -4.12. The van der Waals surface area contributed by atoms with Gasteiger partial charge in [-0.15, -0.1) is 11.3 Å².